The lowest BCUT2D eigenvalue weighted by Gasteiger charge is -2.31. The fraction of sp³-hybridized carbons (Fsp3) is 0.385. The number of rotatable bonds is 4. The molecule has 1 atom stereocenters. The molecule has 1 aromatic heterocycles. The van der Waals surface area contributed by atoms with E-state index in [1.54, 1.807) is 6.92 Å². The van der Waals surface area contributed by atoms with E-state index in [1.165, 1.54) is 14.2 Å². The van der Waals surface area contributed by atoms with Crippen molar-refractivity contribution in [3.63, 3.8) is 0 Å². The normalized spacial score (nSPS) is 15.4. The molecule has 4 nitrogen and oxygen atoms in total. The number of benzene rings is 1. The van der Waals surface area contributed by atoms with E-state index in [-0.39, 0.29) is 0 Å². The van der Waals surface area contributed by atoms with Crippen molar-refractivity contribution in [1.82, 2.24) is 4.98 Å². The van der Waals surface area contributed by atoms with E-state index >= 15 is 0 Å². The standard InChI is InChI=1S/C13H17NO3/c1-13(15,12(16-2)17-3)10-5-4-6-11-9(10)7-8-14-11/h4-8,12,14-15H,1-3H3. The van der Waals surface area contributed by atoms with Crippen LogP contribution >= 0.6 is 0 Å². The van der Waals surface area contributed by atoms with E-state index in [1.807, 2.05) is 30.5 Å². The van der Waals surface area contributed by atoms with E-state index in [0.717, 1.165) is 16.5 Å². The quantitative estimate of drug-likeness (QED) is 0.797. The molecule has 0 saturated carbocycles. The van der Waals surface area contributed by atoms with Gasteiger partial charge in [-0.25, -0.2) is 0 Å². The summed E-state index contributed by atoms with van der Waals surface area (Å²) in [6.07, 6.45) is 1.14. The molecule has 1 unspecified atom stereocenters. The number of aromatic amines is 1. The predicted octanol–water partition coefficient (Wildman–Crippen LogP) is 1.99. The molecule has 17 heavy (non-hydrogen) atoms. The summed E-state index contributed by atoms with van der Waals surface area (Å²) in [7, 11) is 3.03. The molecule has 0 spiro atoms. The summed E-state index contributed by atoms with van der Waals surface area (Å²) in [5.74, 6) is 0. The number of hydrogen-bond acceptors (Lipinski definition) is 3. The number of aromatic nitrogens is 1. The molecular weight excluding hydrogens is 218 g/mol. The van der Waals surface area contributed by atoms with Crippen LogP contribution in [0.25, 0.3) is 10.9 Å². The Balaban J connectivity index is 2.54. The molecule has 0 aliphatic carbocycles. The lowest BCUT2D eigenvalue weighted by molar-refractivity contribution is -0.212. The van der Waals surface area contributed by atoms with Crippen LogP contribution in [0.2, 0.25) is 0 Å². The number of ether oxygens (including phenoxy) is 2. The van der Waals surface area contributed by atoms with Crippen LogP contribution in [0, 0.1) is 0 Å². The minimum absolute atomic E-state index is 0.706. The van der Waals surface area contributed by atoms with Gasteiger partial charge in [0.05, 0.1) is 0 Å². The van der Waals surface area contributed by atoms with Crippen molar-refractivity contribution in [2.75, 3.05) is 14.2 Å². The Morgan fingerprint density at radius 1 is 1.24 bits per heavy atom. The van der Waals surface area contributed by atoms with Crippen LogP contribution in [0.1, 0.15) is 12.5 Å². The maximum Gasteiger partial charge on any atom is 0.189 e. The third kappa shape index (κ3) is 1.95. The van der Waals surface area contributed by atoms with E-state index < -0.39 is 11.9 Å². The van der Waals surface area contributed by atoms with Gasteiger partial charge in [-0.2, -0.15) is 0 Å². The number of nitrogens with one attached hydrogen (secondary N) is 1. The molecule has 4 heteroatoms. The zero-order valence-corrected chi connectivity index (χ0v) is 10.2. The molecule has 0 bridgehead atoms. The molecule has 2 rings (SSSR count). The molecule has 1 aromatic carbocycles. The minimum atomic E-state index is -1.20. The summed E-state index contributed by atoms with van der Waals surface area (Å²) in [4.78, 5) is 3.11. The lowest BCUT2D eigenvalue weighted by atomic mass is 9.92. The molecule has 92 valence electrons. The molecule has 0 amide bonds. The highest BCUT2D eigenvalue weighted by Gasteiger charge is 2.35. The average molecular weight is 235 g/mol. The first-order valence-electron chi connectivity index (χ1n) is 5.45. The van der Waals surface area contributed by atoms with Crippen LogP contribution < -0.4 is 0 Å². The first-order valence-corrected chi connectivity index (χ1v) is 5.45. The van der Waals surface area contributed by atoms with Crippen molar-refractivity contribution in [3.8, 4) is 0 Å². The molecule has 0 saturated heterocycles. The maximum atomic E-state index is 10.6. The Kier molecular flexibility index (Phi) is 3.19. The Morgan fingerprint density at radius 3 is 2.59 bits per heavy atom. The van der Waals surface area contributed by atoms with Gasteiger partial charge in [-0.05, 0) is 24.6 Å². The van der Waals surface area contributed by atoms with Crippen molar-refractivity contribution in [3.05, 3.63) is 36.0 Å². The summed E-state index contributed by atoms with van der Waals surface area (Å²) in [5, 5.41) is 11.6. The smallest absolute Gasteiger partial charge is 0.189 e. The minimum Gasteiger partial charge on any atom is -0.380 e. The van der Waals surface area contributed by atoms with Crippen LogP contribution in [0.4, 0.5) is 0 Å². The summed E-state index contributed by atoms with van der Waals surface area (Å²) in [6, 6.07) is 7.66. The molecule has 2 aromatic rings. The van der Waals surface area contributed by atoms with Crippen molar-refractivity contribution in [1.29, 1.82) is 0 Å². The van der Waals surface area contributed by atoms with Gasteiger partial charge in [0.1, 0.15) is 5.60 Å². The van der Waals surface area contributed by atoms with Gasteiger partial charge in [0.2, 0.25) is 0 Å². The SMILES string of the molecule is COC(OC)C(C)(O)c1cccc2[nH]ccc12. The van der Waals surface area contributed by atoms with Gasteiger partial charge in [0, 0.05) is 31.3 Å². The van der Waals surface area contributed by atoms with Gasteiger partial charge in [0.15, 0.2) is 6.29 Å². The highest BCUT2D eigenvalue weighted by molar-refractivity contribution is 5.83. The lowest BCUT2D eigenvalue weighted by Crippen LogP contribution is -2.39. The van der Waals surface area contributed by atoms with Crippen LogP contribution in [0.3, 0.4) is 0 Å². The third-order valence-electron chi connectivity index (χ3n) is 3.03. The Morgan fingerprint density at radius 2 is 1.94 bits per heavy atom. The van der Waals surface area contributed by atoms with Gasteiger partial charge in [-0.1, -0.05) is 12.1 Å². The van der Waals surface area contributed by atoms with Gasteiger partial charge in [0.25, 0.3) is 0 Å². The maximum absolute atomic E-state index is 10.6. The Hall–Kier alpha value is -1.36. The third-order valence-corrected chi connectivity index (χ3v) is 3.03. The van der Waals surface area contributed by atoms with Gasteiger partial charge >= 0.3 is 0 Å². The molecular formula is C13H17NO3. The van der Waals surface area contributed by atoms with Crippen LogP contribution in [-0.4, -0.2) is 30.6 Å². The number of H-pyrrole nitrogens is 1. The summed E-state index contributed by atoms with van der Waals surface area (Å²) < 4.78 is 10.3. The molecule has 1 heterocycles. The second-order valence-corrected chi connectivity index (χ2v) is 4.20. The molecule has 0 aliphatic heterocycles. The first-order chi connectivity index (χ1) is 8.11. The van der Waals surface area contributed by atoms with Crippen molar-refractivity contribution in [2.24, 2.45) is 0 Å². The fourth-order valence-corrected chi connectivity index (χ4v) is 2.21. The van der Waals surface area contributed by atoms with Gasteiger partial charge in [-0.3, -0.25) is 0 Å². The second kappa shape index (κ2) is 4.49. The predicted molar refractivity (Wildman–Crippen MR) is 65.7 cm³/mol. The number of fused-ring (bicyclic) bond motifs is 1. The Bertz CT molecular complexity index is 500. The zero-order chi connectivity index (χ0) is 12.5. The summed E-state index contributed by atoms with van der Waals surface area (Å²) in [6.45, 7) is 1.69. The summed E-state index contributed by atoms with van der Waals surface area (Å²) in [5.41, 5.74) is 0.559. The second-order valence-electron chi connectivity index (χ2n) is 4.20. The van der Waals surface area contributed by atoms with E-state index in [9.17, 15) is 5.11 Å². The number of hydrogen-bond donors (Lipinski definition) is 2. The monoisotopic (exact) mass is 235 g/mol. The topological polar surface area (TPSA) is 54.5 Å². The van der Waals surface area contributed by atoms with Crippen LogP contribution in [0.5, 0.6) is 0 Å². The number of aliphatic hydroxyl groups is 1. The van der Waals surface area contributed by atoms with Crippen molar-refractivity contribution < 1.29 is 14.6 Å². The Labute approximate surface area is 100 Å². The van der Waals surface area contributed by atoms with Crippen LogP contribution in [-0.2, 0) is 15.1 Å². The summed E-state index contributed by atoms with van der Waals surface area (Å²) >= 11 is 0. The molecule has 0 fully saturated rings. The highest BCUT2D eigenvalue weighted by Crippen LogP contribution is 2.32. The van der Waals surface area contributed by atoms with E-state index in [0.29, 0.717) is 0 Å². The molecule has 2 N–H and O–H groups in total. The van der Waals surface area contributed by atoms with E-state index in [4.69, 9.17) is 9.47 Å². The van der Waals surface area contributed by atoms with Crippen LogP contribution in [0.15, 0.2) is 30.5 Å². The first kappa shape index (κ1) is 12.1. The molecule has 0 radical (unpaired) electrons. The van der Waals surface area contributed by atoms with Crippen molar-refractivity contribution >= 4 is 10.9 Å². The van der Waals surface area contributed by atoms with Crippen molar-refractivity contribution in [2.45, 2.75) is 18.8 Å². The number of methoxy groups -OCH3 is 2. The van der Waals surface area contributed by atoms with Gasteiger partial charge in [-0.15, -0.1) is 0 Å². The average Bonchev–Trinajstić information content (AvgIpc) is 2.77. The fourth-order valence-electron chi connectivity index (χ4n) is 2.21. The van der Waals surface area contributed by atoms with Gasteiger partial charge < -0.3 is 19.6 Å². The highest BCUT2D eigenvalue weighted by atomic mass is 16.7. The zero-order valence-electron chi connectivity index (χ0n) is 10.2. The largest absolute Gasteiger partial charge is 0.380 e. The molecule has 0 aliphatic rings. The van der Waals surface area contributed by atoms with E-state index in [2.05, 4.69) is 4.98 Å².